The summed E-state index contributed by atoms with van der Waals surface area (Å²) in [6, 6.07) is 3.04. The third-order valence-corrected chi connectivity index (χ3v) is 3.45. The molecule has 0 radical (unpaired) electrons. The van der Waals surface area contributed by atoms with E-state index < -0.39 is 17.5 Å². The molecule has 0 aliphatic carbocycles. The molecule has 2 atom stereocenters. The molecule has 1 N–H and O–H groups in total. The number of carbonyl (C=O) groups is 1. The van der Waals surface area contributed by atoms with Crippen LogP contribution in [0.2, 0.25) is 0 Å². The fraction of sp³-hybridized carbons (Fsp3) is 0.462. The van der Waals surface area contributed by atoms with Crippen molar-refractivity contribution in [2.45, 2.75) is 25.9 Å². The number of nitrogens with zero attached hydrogens (tertiary/aromatic N) is 1. The van der Waals surface area contributed by atoms with Gasteiger partial charge in [-0.2, -0.15) is 0 Å². The number of carbonyl (C=O) groups excluding carboxylic acids is 1. The van der Waals surface area contributed by atoms with E-state index in [-0.39, 0.29) is 30.1 Å². The zero-order valence-corrected chi connectivity index (χ0v) is 11.6. The maximum absolute atomic E-state index is 13.6. The van der Waals surface area contributed by atoms with Crippen molar-refractivity contribution in [2.24, 2.45) is 0 Å². The predicted molar refractivity (Wildman–Crippen MR) is 71.6 cm³/mol. The van der Waals surface area contributed by atoms with Gasteiger partial charge in [-0.1, -0.05) is 0 Å². The molecule has 0 spiro atoms. The van der Waals surface area contributed by atoms with E-state index in [2.05, 4.69) is 5.32 Å². The van der Waals surface area contributed by atoms with Gasteiger partial charge in [0.2, 0.25) is 0 Å². The van der Waals surface area contributed by atoms with Gasteiger partial charge in [0.1, 0.15) is 11.6 Å². The first-order valence-corrected chi connectivity index (χ1v) is 6.00. The molecule has 0 bridgehead atoms. The van der Waals surface area contributed by atoms with Crippen molar-refractivity contribution in [3.05, 3.63) is 35.4 Å². The summed E-state index contributed by atoms with van der Waals surface area (Å²) in [7, 11) is 0. The normalized spacial score (nSPS) is 22.8. The minimum atomic E-state index is -0.681. The first-order chi connectivity index (χ1) is 8.50. The highest BCUT2D eigenvalue weighted by Gasteiger charge is 2.30. The smallest absolute Gasteiger partial charge is 0.257 e. The summed E-state index contributed by atoms with van der Waals surface area (Å²) in [4.78, 5) is 13.8. The lowest BCUT2D eigenvalue weighted by Crippen LogP contribution is -2.57. The van der Waals surface area contributed by atoms with Gasteiger partial charge in [-0.25, -0.2) is 8.78 Å². The van der Waals surface area contributed by atoms with Crippen LogP contribution in [0.5, 0.6) is 0 Å². The number of piperazine rings is 1. The van der Waals surface area contributed by atoms with Gasteiger partial charge in [-0.05, 0) is 32.0 Å². The Labute approximate surface area is 117 Å². The van der Waals surface area contributed by atoms with Crippen LogP contribution in [0.3, 0.4) is 0 Å². The number of rotatable bonds is 1. The first kappa shape index (κ1) is 15.9. The molecule has 2 rings (SSSR count). The molecular weight excluding hydrogens is 274 g/mol. The highest BCUT2D eigenvalue weighted by molar-refractivity contribution is 5.94. The lowest BCUT2D eigenvalue weighted by atomic mass is 10.1. The fourth-order valence-corrected chi connectivity index (χ4v) is 2.16. The van der Waals surface area contributed by atoms with Crippen molar-refractivity contribution in [3.8, 4) is 0 Å². The average molecular weight is 291 g/mol. The van der Waals surface area contributed by atoms with E-state index in [1.165, 1.54) is 0 Å². The molecule has 1 aromatic rings. The van der Waals surface area contributed by atoms with Crippen LogP contribution in [-0.2, 0) is 0 Å². The maximum Gasteiger partial charge on any atom is 0.257 e. The van der Waals surface area contributed by atoms with Crippen LogP contribution in [-0.4, -0.2) is 36.0 Å². The molecule has 0 aromatic heterocycles. The first-order valence-electron chi connectivity index (χ1n) is 6.00. The summed E-state index contributed by atoms with van der Waals surface area (Å²) < 4.78 is 26.7. The van der Waals surface area contributed by atoms with Gasteiger partial charge in [0.05, 0.1) is 5.56 Å². The molecule has 3 nitrogen and oxygen atoms in total. The maximum atomic E-state index is 13.6. The van der Waals surface area contributed by atoms with E-state index in [0.29, 0.717) is 13.1 Å². The van der Waals surface area contributed by atoms with Crippen LogP contribution < -0.4 is 5.32 Å². The second-order valence-corrected chi connectivity index (χ2v) is 4.61. The van der Waals surface area contributed by atoms with Crippen LogP contribution in [0.4, 0.5) is 8.78 Å². The van der Waals surface area contributed by atoms with Crippen molar-refractivity contribution in [3.63, 3.8) is 0 Å². The van der Waals surface area contributed by atoms with Gasteiger partial charge in [-0.3, -0.25) is 4.79 Å². The summed E-state index contributed by atoms with van der Waals surface area (Å²) in [5.74, 6) is -1.73. The van der Waals surface area contributed by atoms with Crippen LogP contribution in [0.25, 0.3) is 0 Å². The van der Waals surface area contributed by atoms with E-state index in [0.717, 1.165) is 18.2 Å². The van der Waals surface area contributed by atoms with E-state index in [9.17, 15) is 13.6 Å². The number of amides is 1. The molecule has 1 fully saturated rings. The number of nitrogens with one attached hydrogen (secondary N) is 1. The summed E-state index contributed by atoms with van der Waals surface area (Å²) in [6.07, 6.45) is 0. The topological polar surface area (TPSA) is 32.3 Å². The molecule has 1 saturated heterocycles. The van der Waals surface area contributed by atoms with Crippen LogP contribution in [0.1, 0.15) is 24.2 Å². The molecule has 6 heteroatoms. The minimum Gasteiger partial charge on any atom is -0.333 e. The molecule has 1 aromatic carbocycles. The van der Waals surface area contributed by atoms with Crippen molar-refractivity contribution >= 4 is 18.3 Å². The Balaban J connectivity index is 0.00000180. The summed E-state index contributed by atoms with van der Waals surface area (Å²) in [5.41, 5.74) is -0.198. The van der Waals surface area contributed by atoms with E-state index in [1.54, 1.807) is 4.90 Å². The average Bonchev–Trinajstić information content (AvgIpc) is 2.35. The van der Waals surface area contributed by atoms with Crippen LogP contribution in [0.15, 0.2) is 18.2 Å². The zero-order chi connectivity index (χ0) is 13.3. The van der Waals surface area contributed by atoms with Gasteiger partial charge < -0.3 is 10.2 Å². The largest absolute Gasteiger partial charge is 0.333 e. The quantitative estimate of drug-likeness (QED) is 0.860. The molecule has 1 amide bonds. The lowest BCUT2D eigenvalue weighted by molar-refractivity contribution is 0.0597. The highest BCUT2D eigenvalue weighted by Crippen LogP contribution is 2.17. The Morgan fingerprint density at radius 2 is 2.05 bits per heavy atom. The van der Waals surface area contributed by atoms with Gasteiger partial charge in [-0.15, -0.1) is 12.4 Å². The van der Waals surface area contributed by atoms with Crippen LogP contribution >= 0.6 is 12.4 Å². The van der Waals surface area contributed by atoms with Crippen molar-refractivity contribution in [1.29, 1.82) is 0 Å². The Bertz CT molecular complexity index is 470. The van der Waals surface area contributed by atoms with E-state index >= 15 is 0 Å². The lowest BCUT2D eigenvalue weighted by Gasteiger charge is -2.38. The Kier molecular flexibility index (Phi) is 5.26. The summed E-state index contributed by atoms with van der Waals surface area (Å²) >= 11 is 0. The molecule has 1 heterocycles. The van der Waals surface area contributed by atoms with Gasteiger partial charge >= 0.3 is 0 Å². The number of hydrogen-bond donors (Lipinski definition) is 1. The Morgan fingerprint density at radius 1 is 1.37 bits per heavy atom. The molecule has 1 aliphatic heterocycles. The SMILES string of the molecule is CC1NCCN(C(=O)c2cc(F)ccc2F)C1C.Cl. The molecule has 2 unspecified atom stereocenters. The number of hydrogen-bond acceptors (Lipinski definition) is 2. The van der Waals surface area contributed by atoms with Crippen molar-refractivity contribution in [2.75, 3.05) is 13.1 Å². The van der Waals surface area contributed by atoms with Crippen molar-refractivity contribution in [1.82, 2.24) is 10.2 Å². The zero-order valence-electron chi connectivity index (χ0n) is 10.8. The molecule has 0 saturated carbocycles. The molecule has 1 aliphatic rings. The van der Waals surface area contributed by atoms with Gasteiger partial charge in [0.25, 0.3) is 5.91 Å². The summed E-state index contributed by atoms with van der Waals surface area (Å²) in [5, 5.41) is 3.23. The minimum absolute atomic E-state index is 0. The van der Waals surface area contributed by atoms with Crippen LogP contribution in [0, 0.1) is 11.6 Å². The Hall–Kier alpha value is -1.20. The standard InChI is InChI=1S/C13H16F2N2O.ClH/c1-8-9(2)17(6-5-16-8)13(18)11-7-10(14)3-4-12(11)15;/h3-4,7-9,16H,5-6H2,1-2H3;1H. The third-order valence-electron chi connectivity index (χ3n) is 3.45. The second kappa shape index (κ2) is 6.30. The number of benzene rings is 1. The molecular formula is C13H17ClF2N2O. The van der Waals surface area contributed by atoms with Crippen molar-refractivity contribution < 1.29 is 13.6 Å². The Morgan fingerprint density at radius 3 is 2.74 bits per heavy atom. The van der Waals surface area contributed by atoms with Gasteiger partial charge in [0, 0.05) is 25.2 Å². The summed E-state index contributed by atoms with van der Waals surface area (Å²) in [6.45, 7) is 5.02. The fourth-order valence-electron chi connectivity index (χ4n) is 2.16. The van der Waals surface area contributed by atoms with Gasteiger partial charge in [0.15, 0.2) is 0 Å². The van der Waals surface area contributed by atoms with E-state index in [4.69, 9.17) is 0 Å². The predicted octanol–water partition coefficient (Wildman–Crippen LogP) is 2.21. The monoisotopic (exact) mass is 290 g/mol. The molecule has 19 heavy (non-hydrogen) atoms. The second-order valence-electron chi connectivity index (χ2n) is 4.61. The molecule has 106 valence electrons. The number of halogens is 3. The van der Waals surface area contributed by atoms with E-state index in [1.807, 2.05) is 13.8 Å². The highest BCUT2D eigenvalue weighted by atomic mass is 35.5. The third kappa shape index (κ3) is 3.22.